The number of aliphatic carboxylic acids is 1. The number of carbonyl (C=O) groups is 2. The lowest BCUT2D eigenvalue weighted by Gasteiger charge is -2.20. The van der Waals surface area contributed by atoms with E-state index in [0.717, 1.165) is 5.56 Å². The Kier molecular flexibility index (Phi) is 8.14. The SMILES string of the molecule is CC(C)C[C@H](NCCCC(=O)O)C(=O)NCc1cccnc1. The van der Waals surface area contributed by atoms with Crippen molar-refractivity contribution < 1.29 is 14.7 Å². The van der Waals surface area contributed by atoms with Gasteiger partial charge >= 0.3 is 5.97 Å². The summed E-state index contributed by atoms with van der Waals surface area (Å²) >= 11 is 0. The maximum atomic E-state index is 12.3. The molecule has 0 unspecified atom stereocenters. The van der Waals surface area contributed by atoms with Crippen LogP contribution in [0.1, 0.15) is 38.7 Å². The number of hydrogen-bond donors (Lipinski definition) is 3. The van der Waals surface area contributed by atoms with Crippen molar-refractivity contribution in [3.05, 3.63) is 30.1 Å². The Hall–Kier alpha value is -1.95. The number of carboxylic acid groups (broad SMARTS) is 1. The Morgan fingerprint density at radius 2 is 2.14 bits per heavy atom. The molecule has 0 spiro atoms. The minimum absolute atomic E-state index is 0.0621. The van der Waals surface area contributed by atoms with Crippen LogP contribution in [0.3, 0.4) is 0 Å². The van der Waals surface area contributed by atoms with Gasteiger partial charge in [-0.15, -0.1) is 0 Å². The van der Waals surface area contributed by atoms with Gasteiger partial charge < -0.3 is 15.7 Å². The number of nitrogens with one attached hydrogen (secondary N) is 2. The molecule has 0 aliphatic heterocycles. The number of hydrogen-bond acceptors (Lipinski definition) is 4. The van der Waals surface area contributed by atoms with E-state index >= 15 is 0 Å². The smallest absolute Gasteiger partial charge is 0.303 e. The summed E-state index contributed by atoms with van der Waals surface area (Å²) in [6, 6.07) is 3.44. The summed E-state index contributed by atoms with van der Waals surface area (Å²) in [5.41, 5.74) is 0.949. The fourth-order valence-electron chi connectivity index (χ4n) is 2.09. The zero-order chi connectivity index (χ0) is 16.4. The van der Waals surface area contributed by atoms with Crippen molar-refractivity contribution in [2.75, 3.05) is 6.54 Å². The van der Waals surface area contributed by atoms with Crippen molar-refractivity contribution in [1.29, 1.82) is 0 Å². The number of amides is 1. The van der Waals surface area contributed by atoms with E-state index in [-0.39, 0.29) is 18.4 Å². The van der Waals surface area contributed by atoms with Crippen LogP contribution >= 0.6 is 0 Å². The Balaban J connectivity index is 2.43. The minimum atomic E-state index is -0.816. The van der Waals surface area contributed by atoms with Crippen LogP contribution < -0.4 is 10.6 Å². The molecule has 1 aromatic heterocycles. The number of carboxylic acids is 1. The Morgan fingerprint density at radius 1 is 1.36 bits per heavy atom. The van der Waals surface area contributed by atoms with Crippen LogP contribution in [0.2, 0.25) is 0 Å². The second-order valence-corrected chi connectivity index (χ2v) is 5.71. The summed E-state index contributed by atoms with van der Waals surface area (Å²) in [6.07, 6.45) is 4.75. The van der Waals surface area contributed by atoms with E-state index < -0.39 is 5.97 Å². The third-order valence-electron chi connectivity index (χ3n) is 3.17. The number of rotatable bonds is 10. The summed E-state index contributed by atoms with van der Waals surface area (Å²) in [5.74, 6) is -0.503. The van der Waals surface area contributed by atoms with Crippen LogP contribution in [0.25, 0.3) is 0 Å². The molecule has 122 valence electrons. The van der Waals surface area contributed by atoms with Crippen LogP contribution in [0.5, 0.6) is 0 Å². The first-order valence-electron chi connectivity index (χ1n) is 7.61. The van der Waals surface area contributed by atoms with Crippen LogP contribution in [-0.2, 0) is 16.1 Å². The molecule has 0 bridgehead atoms. The molecule has 1 aromatic rings. The van der Waals surface area contributed by atoms with E-state index in [1.54, 1.807) is 12.4 Å². The molecule has 1 rings (SSSR count). The van der Waals surface area contributed by atoms with Gasteiger partial charge in [0, 0.05) is 25.4 Å². The standard InChI is InChI=1S/C16H25N3O3/c1-12(2)9-14(18-8-4-6-15(20)21)16(22)19-11-13-5-3-7-17-10-13/h3,5,7,10,12,14,18H,4,6,8-9,11H2,1-2H3,(H,19,22)(H,20,21)/t14-/m0/s1. The lowest BCUT2D eigenvalue weighted by Crippen LogP contribution is -2.45. The Morgan fingerprint density at radius 3 is 2.73 bits per heavy atom. The molecule has 0 radical (unpaired) electrons. The largest absolute Gasteiger partial charge is 0.481 e. The van der Waals surface area contributed by atoms with E-state index in [4.69, 9.17) is 5.11 Å². The predicted octanol–water partition coefficient (Wildman–Crippen LogP) is 1.57. The fourth-order valence-corrected chi connectivity index (χ4v) is 2.09. The molecule has 0 aromatic carbocycles. The monoisotopic (exact) mass is 307 g/mol. The van der Waals surface area contributed by atoms with Crippen molar-refractivity contribution in [3.8, 4) is 0 Å². The number of pyridine rings is 1. The second kappa shape index (κ2) is 9.89. The van der Waals surface area contributed by atoms with Gasteiger partial charge in [-0.05, 0) is 36.9 Å². The van der Waals surface area contributed by atoms with Crippen molar-refractivity contribution >= 4 is 11.9 Å². The fraction of sp³-hybridized carbons (Fsp3) is 0.562. The first-order valence-corrected chi connectivity index (χ1v) is 7.61. The molecule has 0 aliphatic carbocycles. The van der Waals surface area contributed by atoms with E-state index in [1.807, 2.05) is 12.1 Å². The van der Waals surface area contributed by atoms with Crippen LogP contribution in [0, 0.1) is 5.92 Å². The van der Waals surface area contributed by atoms with E-state index in [1.165, 1.54) is 0 Å². The topological polar surface area (TPSA) is 91.3 Å². The molecular weight excluding hydrogens is 282 g/mol. The molecule has 1 heterocycles. The van der Waals surface area contributed by atoms with Gasteiger partial charge in [0.1, 0.15) is 0 Å². The van der Waals surface area contributed by atoms with Gasteiger partial charge in [0.05, 0.1) is 6.04 Å². The van der Waals surface area contributed by atoms with Gasteiger partial charge in [-0.2, -0.15) is 0 Å². The van der Waals surface area contributed by atoms with Crippen molar-refractivity contribution in [2.24, 2.45) is 5.92 Å². The van der Waals surface area contributed by atoms with Gasteiger partial charge in [0.2, 0.25) is 5.91 Å². The highest BCUT2D eigenvalue weighted by Gasteiger charge is 2.18. The zero-order valence-electron chi connectivity index (χ0n) is 13.2. The van der Waals surface area contributed by atoms with E-state index in [2.05, 4.69) is 29.5 Å². The van der Waals surface area contributed by atoms with Crippen molar-refractivity contribution in [1.82, 2.24) is 15.6 Å². The first kappa shape index (κ1) is 18.1. The third-order valence-corrected chi connectivity index (χ3v) is 3.17. The average molecular weight is 307 g/mol. The first-order chi connectivity index (χ1) is 10.5. The van der Waals surface area contributed by atoms with Gasteiger partial charge in [0.15, 0.2) is 0 Å². The normalized spacial score (nSPS) is 12.1. The number of carbonyl (C=O) groups excluding carboxylic acids is 1. The molecule has 0 aliphatic rings. The highest BCUT2D eigenvalue weighted by Crippen LogP contribution is 2.06. The highest BCUT2D eigenvalue weighted by molar-refractivity contribution is 5.81. The Bertz CT molecular complexity index is 463. The molecule has 0 fully saturated rings. The molecule has 6 nitrogen and oxygen atoms in total. The van der Waals surface area contributed by atoms with E-state index in [0.29, 0.717) is 31.8 Å². The maximum Gasteiger partial charge on any atom is 0.303 e. The van der Waals surface area contributed by atoms with Crippen molar-refractivity contribution in [3.63, 3.8) is 0 Å². The average Bonchev–Trinajstić information content (AvgIpc) is 2.48. The van der Waals surface area contributed by atoms with Crippen molar-refractivity contribution in [2.45, 2.75) is 45.7 Å². The van der Waals surface area contributed by atoms with Gasteiger partial charge in [-0.25, -0.2) is 0 Å². The predicted molar refractivity (Wildman–Crippen MR) is 84.2 cm³/mol. The molecular formula is C16H25N3O3. The number of nitrogens with zero attached hydrogens (tertiary/aromatic N) is 1. The van der Waals surface area contributed by atoms with Gasteiger partial charge in [0.25, 0.3) is 0 Å². The highest BCUT2D eigenvalue weighted by atomic mass is 16.4. The molecule has 3 N–H and O–H groups in total. The van der Waals surface area contributed by atoms with Gasteiger partial charge in [-0.1, -0.05) is 19.9 Å². The van der Waals surface area contributed by atoms with Crippen LogP contribution in [-0.4, -0.2) is 34.6 Å². The quantitative estimate of drug-likeness (QED) is 0.571. The number of aromatic nitrogens is 1. The lowest BCUT2D eigenvalue weighted by atomic mass is 10.0. The molecule has 0 saturated heterocycles. The minimum Gasteiger partial charge on any atom is -0.481 e. The summed E-state index contributed by atoms with van der Waals surface area (Å²) < 4.78 is 0. The maximum absolute atomic E-state index is 12.3. The lowest BCUT2D eigenvalue weighted by molar-refractivity contribution is -0.137. The zero-order valence-corrected chi connectivity index (χ0v) is 13.2. The summed E-state index contributed by atoms with van der Waals surface area (Å²) in [4.78, 5) is 26.8. The summed E-state index contributed by atoms with van der Waals surface area (Å²) in [5, 5.41) is 14.7. The molecule has 22 heavy (non-hydrogen) atoms. The molecule has 1 atom stereocenters. The molecule has 6 heteroatoms. The van der Waals surface area contributed by atoms with Crippen LogP contribution in [0.4, 0.5) is 0 Å². The second-order valence-electron chi connectivity index (χ2n) is 5.71. The molecule has 1 amide bonds. The van der Waals surface area contributed by atoms with Crippen LogP contribution in [0.15, 0.2) is 24.5 Å². The molecule has 0 saturated carbocycles. The Labute approximate surface area is 131 Å². The van der Waals surface area contributed by atoms with Gasteiger partial charge in [-0.3, -0.25) is 14.6 Å². The third kappa shape index (κ3) is 7.73. The summed E-state index contributed by atoms with van der Waals surface area (Å²) in [6.45, 7) is 5.07. The van der Waals surface area contributed by atoms with E-state index in [9.17, 15) is 9.59 Å². The summed E-state index contributed by atoms with van der Waals surface area (Å²) in [7, 11) is 0.